The van der Waals surface area contributed by atoms with Gasteiger partial charge in [-0.3, -0.25) is 4.79 Å². The first-order chi connectivity index (χ1) is 19.9. The number of anilines is 1. The molecule has 2 fully saturated rings. The number of benzene rings is 3. The van der Waals surface area contributed by atoms with Gasteiger partial charge in [0.1, 0.15) is 23.8 Å². The van der Waals surface area contributed by atoms with Crippen LogP contribution in [-0.4, -0.2) is 24.1 Å². The van der Waals surface area contributed by atoms with Crippen LogP contribution < -0.4 is 9.64 Å². The summed E-state index contributed by atoms with van der Waals surface area (Å²) in [6, 6.07) is 18.4. The topological polar surface area (TPSA) is 81.9 Å². The van der Waals surface area contributed by atoms with Crippen molar-refractivity contribution in [1.82, 2.24) is 5.16 Å². The van der Waals surface area contributed by atoms with Crippen LogP contribution in [0.3, 0.4) is 0 Å². The number of methoxy groups -OCH3 is 1. The molecule has 1 aromatic heterocycles. The number of amides is 1. The fourth-order valence-electron chi connectivity index (χ4n) is 5.77. The molecule has 1 spiro atoms. The fourth-order valence-corrected chi connectivity index (χ4v) is 6.35. The van der Waals surface area contributed by atoms with Crippen LogP contribution in [0.2, 0.25) is 10.0 Å². The second-order valence-electron chi connectivity index (χ2n) is 10.9. The van der Waals surface area contributed by atoms with E-state index in [-0.39, 0.29) is 12.5 Å². The number of esters is 1. The summed E-state index contributed by atoms with van der Waals surface area (Å²) in [6.45, 7) is 0.599. The number of carbonyl (C=O) groups excluding carboxylic acids is 2. The average molecular weight is 589 g/mol. The second-order valence-corrected chi connectivity index (χ2v) is 11.7. The van der Waals surface area contributed by atoms with Crippen LogP contribution in [0.1, 0.15) is 64.4 Å². The van der Waals surface area contributed by atoms with Gasteiger partial charge in [0.15, 0.2) is 0 Å². The molecule has 3 aliphatic rings. The zero-order valence-corrected chi connectivity index (χ0v) is 23.8. The van der Waals surface area contributed by atoms with Gasteiger partial charge in [0.05, 0.1) is 40.2 Å². The van der Waals surface area contributed by atoms with E-state index in [9.17, 15) is 9.59 Å². The third-order valence-corrected chi connectivity index (χ3v) is 8.85. The number of halogens is 2. The maximum absolute atomic E-state index is 13.6. The number of carbonyl (C=O) groups is 2. The molecule has 41 heavy (non-hydrogen) atoms. The van der Waals surface area contributed by atoms with Crippen molar-refractivity contribution in [3.63, 3.8) is 0 Å². The number of aromatic nitrogens is 1. The molecule has 1 amide bonds. The molecular weight excluding hydrogens is 563 g/mol. The van der Waals surface area contributed by atoms with E-state index in [1.807, 2.05) is 29.2 Å². The van der Waals surface area contributed by atoms with Crippen LogP contribution in [0.5, 0.6) is 5.75 Å². The van der Waals surface area contributed by atoms with Gasteiger partial charge in [0.2, 0.25) is 5.91 Å². The van der Waals surface area contributed by atoms with E-state index in [0.717, 1.165) is 53.8 Å². The number of nitrogens with zero attached hydrogens (tertiary/aromatic N) is 2. The Balaban J connectivity index is 1.17. The highest BCUT2D eigenvalue weighted by Gasteiger charge is 2.59. The smallest absolute Gasteiger partial charge is 0.337 e. The summed E-state index contributed by atoms with van der Waals surface area (Å²) in [5.41, 5.74) is 4.72. The lowest BCUT2D eigenvalue weighted by atomic mass is 9.98. The Bertz CT molecular complexity index is 1690. The SMILES string of the molecule is COC(=O)c1cccc(CN2C(=O)C3(CC3)c3cc(OCc4c(-c5c(Cl)cccc5Cl)noc4C4CC4)ccc32)c1. The highest BCUT2D eigenvalue weighted by Crippen LogP contribution is 2.58. The third-order valence-electron chi connectivity index (χ3n) is 8.22. The molecule has 2 aliphatic carbocycles. The first kappa shape index (κ1) is 26.1. The van der Waals surface area contributed by atoms with E-state index in [0.29, 0.717) is 45.1 Å². The fraction of sp³-hybridized carbons (Fsp3) is 0.281. The minimum absolute atomic E-state index is 0.0822. The summed E-state index contributed by atoms with van der Waals surface area (Å²) in [7, 11) is 1.36. The number of fused-ring (bicyclic) bond motifs is 2. The van der Waals surface area contributed by atoms with Gasteiger partial charge < -0.3 is 18.9 Å². The van der Waals surface area contributed by atoms with Crippen LogP contribution in [0, 0.1) is 0 Å². The molecule has 208 valence electrons. The molecule has 0 radical (unpaired) electrons. The highest BCUT2D eigenvalue weighted by molar-refractivity contribution is 6.39. The maximum Gasteiger partial charge on any atom is 0.337 e. The van der Waals surface area contributed by atoms with E-state index in [4.69, 9.17) is 37.2 Å². The van der Waals surface area contributed by atoms with Crippen LogP contribution in [-0.2, 0) is 28.1 Å². The zero-order valence-electron chi connectivity index (χ0n) is 22.3. The molecule has 9 heteroatoms. The molecule has 0 N–H and O–H groups in total. The summed E-state index contributed by atoms with van der Waals surface area (Å²) in [6.07, 6.45) is 3.68. The Kier molecular flexibility index (Phi) is 6.32. The largest absolute Gasteiger partial charge is 0.489 e. The molecule has 7 rings (SSSR count). The molecule has 3 aromatic carbocycles. The highest BCUT2D eigenvalue weighted by atomic mass is 35.5. The summed E-state index contributed by atoms with van der Waals surface area (Å²) in [5.74, 6) is 1.47. The summed E-state index contributed by atoms with van der Waals surface area (Å²) in [4.78, 5) is 27.5. The zero-order chi connectivity index (χ0) is 28.3. The van der Waals surface area contributed by atoms with E-state index in [1.165, 1.54) is 7.11 Å². The summed E-state index contributed by atoms with van der Waals surface area (Å²) >= 11 is 13.0. The second kappa shape index (κ2) is 9.93. The van der Waals surface area contributed by atoms with Gasteiger partial charge in [0, 0.05) is 17.2 Å². The van der Waals surface area contributed by atoms with E-state index < -0.39 is 11.4 Å². The first-order valence-electron chi connectivity index (χ1n) is 13.6. The normalized spacial score (nSPS) is 16.7. The van der Waals surface area contributed by atoms with Gasteiger partial charge in [-0.1, -0.05) is 46.6 Å². The molecule has 0 saturated heterocycles. The lowest BCUT2D eigenvalue weighted by molar-refractivity contribution is -0.120. The lowest BCUT2D eigenvalue weighted by Gasteiger charge is -2.19. The van der Waals surface area contributed by atoms with Crippen LogP contribution in [0.15, 0.2) is 65.2 Å². The van der Waals surface area contributed by atoms with Crippen LogP contribution >= 0.6 is 23.2 Å². The van der Waals surface area contributed by atoms with Crippen molar-refractivity contribution in [2.75, 3.05) is 12.0 Å². The third kappa shape index (κ3) is 4.48. The Morgan fingerprint density at radius 3 is 2.54 bits per heavy atom. The van der Waals surface area contributed by atoms with Crippen LogP contribution in [0.4, 0.5) is 5.69 Å². The molecule has 2 heterocycles. The standard InChI is InChI=1S/C32H26Cl2N2O5/c1-39-30(37)20-5-2-4-18(14-20)16-36-26-11-10-21(15-23(26)32(12-13-32)31(36)38)40-17-22-28(35-41-29(22)19-8-9-19)27-24(33)6-3-7-25(27)34/h2-7,10-11,14-15,19H,8-9,12-13,16-17H2,1H3. The average Bonchev–Trinajstić information content (AvgIpc) is 3.91. The van der Waals surface area contributed by atoms with Crippen molar-refractivity contribution in [3.8, 4) is 17.0 Å². The van der Waals surface area contributed by atoms with Gasteiger partial charge >= 0.3 is 5.97 Å². The van der Waals surface area contributed by atoms with Crippen molar-refractivity contribution in [3.05, 3.63) is 98.7 Å². The minimum Gasteiger partial charge on any atom is -0.489 e. The lowest BCUT2D eigenvalue weighted by Crippen LogP contribution is -2.31. The molecule has 0 unspecified atom stereocenters. The van der Waals surface area contributed by atoms with Gasteiger partial charge in [-0.05, 0) is 79.3 Å². The number of rotatable bonds is 8. The molecule has 0 atom stereocenters. The molecule has 7 nitrogen and oxygen atoms in total. The van der Waals surface area contributed by atoms with Gasteiger partial charge in [-0.2, -0.15) is 0 Å². The van der Waals surface area contributed by atoms with Crippen molar-refractivity contribution < 1.29 is 23.6 Å². The quantitative estimate of drug-likeness (QED) is 0.198. The Labute approximate surface area is 246 Å². The Hall–Kier alpha value is -3.81. The van der Waals surface area contributed by atoms with Crippen LogP contribution in [0.25, 0.3) is 11.3 Å². The summed E-state index contributed by atoms with van der Waals surface area (Å²) < 4.78 is 17.0. The first-order valence-corrected chi connectivity index (χ1v) is 14.3. The predicted molar refractivity (Wildman–Crippen MR) is 155 cm³/mol. The van der Waals surface area contributed by atoms with Crippen molar-refractivity contribution in [2.24, 2.45) is 0 Å². The number of hydrogen-bond donors (Lipinski definition) is 0. The van der Waals surface area contributed by atoms with E-state index in [2.05, 4.69) is 5.16 Å². The Morgan fingerprint density at radius 1 is 1.07 bits per heavy atom. The van der Waals surface area contributed by atoms with Gasteiger partial charge in [-0.15, -0.1) is 0 Å². The molecule has 0 bridgehead atoms. The Morgan fingerprint density at radius 2 is 1.83 bits per heavy atom. The molecule has 2 saturated carbocycles. The molecule has 1 aliphatic heterocycles. The van der Waals surface area contributed by atoms with Gasteiger partial charge in [-0.25, -0.2) is 4.79 Å². The van der Waals surface area contributed by atoms with Crippen molar-refractivity contribution in [1.29, 1.82) is 0 Å². The van der Waals surface area contributed by atoms with Crippen molar-refractivity contribution >= 4 is 40.8 Å². The maximum atomic E-state index is 13.6. The molecule has 4 aromatic rings. The molecular formula is C32H26Cl2N2O5. The van der Waals surface area contributed by atoms with E-state index in [1.54, 1.807) is 36.4 Å². The predicted octanol–water partition coefficient (Wildman–Crippen LogP) is 7.47. The van der Waals surface area contributed by atoms with Gasteiger partial charge in [0.25, 0.3) is 0 Å². The van der Waals surface area contributed by atoms with E-state index >= 15 is 0 Å². The number of ether oxygens (including phenoxy) is 2. The van der Waals surface area contributed by atoms with Crippen molar-refractivity contribution in [2.45, 2.75) is 50.2 Å². The summed E-state index contributed by atoms with van der Waals surface area (Å²) in [5, 5.41) is 5.35. The number of hydrogen-bond acceptors (Lipinski definition) is 6. The monoisotopic (exact) mass is 588 g/mol. The minimum atomic E-state index is -0.513.